The van der Waals surface area contributed by atoms with Crippen molar-refractivity contribution in [3.63, 3.8) is 0 Å². The molecule has 0 radical (unpaired) electrons. The minimum absolute atomic E-state index is 0.143. The third kappa shape index (κ3) is 2.58. The zero-order valence-corrected chi connectivity index (χ0v) is 10.9. The molecule has 1 N–H and O–H groups in total. The summed E-state index contributed by atoms with van der Waals surface area (Å²) in [6, 6.07) is 2.08. The van der Waals surface area contributed by atoms with Crippen LogP contribution in [0.2, 0.25) is 5.15 Å². The van der Waals surface area contributed by atoms with Crippen LogP contribution in [0.15, 0.2) is 24.7 Å². The van der Waals surface area contributed by atoms with Gasteiger partial charge in [-0.3, -0.25) is 4.68 Å². The number of halogens is 1. The molecule has 2 aromatic heterocycles. The van der Waals surface area contributed by atoms with E-state index < -0.39 is 0 Å². The first-order valence-electron chi connectivity index (χ1n) is 5.44. The van der Waals surface area contributed by atoms with Gasteiger partial charge < -0.3 is 5.32 Å². The maximum absolute atomic E-state index is 6.07. The Morgan fingerprint density at radius 1 is 1.47 bits per heavy atom. The molecule has 2 heterocycles. The second-order valence-corrected chi connectivity index (χ2v) is 4.47. The molecule has 1 unspecified atom stereocenters. The first-order chi connectivity index (χ1) is 8.08. The maximum Gasteiger partial charge on any atom is 0.152 e. The van der Waals surface area contributed by atoms with Crippen LogP contribution < -0.4 is 5.32 Å². The Kier molecular flexibility index (Phi) is 3.33. The molecule has 0 fully saturated rings. The van der Waals surface area contributed by atoms with Gasteiger partial charge >= 0.3 is 0 Å². The summed E-state index contributed by atoms with van der Waals surface area (Å²) >= 11 is 6.07. The van der Waals surface area contributed by atoms with E-state index in [0.29, 0.717) is 5.15 Å². The molecule has 17 heavy (non-hydrogen) atoms. The summed E-state index contributed by atoms with van der Waals surface area (Å²) in [5, 5.41) is 8.01. The van der Waals surface area contributed by atoms with Crippen molar-refractivity contribution in [1.29, 1.82) is 0 Å². The molecular formula is C12H15ClN4. The van der Waals surface area contributed by atoms with Crippen LogP contribution in [0.1, 0.15) is 24.1 Å². The molecule has 90 valence electrons. The molecule has 0 aliphatic rings. The average Bonchev–Trinajstić information content (AvgIpc) is 2.70. The fraction of sp³-hybridized carbons (Fsp3) is 0.333. The van der Waals surface area contributed by atoms with Gasteiger partial charge in [0.15, 0.2) is 5.15 Å². The van der Waals surface area contributed by atoms with Gasteiger partial charge in [-0.25, -0.2) is 4.98 Å². The van der Waals surface area contributed by atoms with Crippen molar-refractivity contribution in [2.75, 3.05) is 5.32 Å². The van der Waals surface area contributed by atoms with E-state index in [4.69, 9.17) is 11.6 Å². The van der Waals surface area contributed by atoms with Gasteiger partial charge in [0.05, 0.1) is 17.9 Å². The van der Waals surface area contributed by atoms with E-state index in [0.717, 1.165) is 16.8 Å². The molecule has 5 heteroatoms. The lowest BCUT2D eigenvalue weighted by molar-refractivity contribution is 0.765. The Hall–Kier alpha value is -1.55. The van der Waals surface area contributed by atoms with Gasteiger partial charge in [0.25, 0.3) is 0 Å². The smallest absolute Gasteiger partial charge is 0.152 e. The second kappa shape index (κ2) is 4.75. The predicted octanol–water partition coefficient (Wildman–Crippen LogP) is 2.95. The Balaban J connectivity index is 2.21. The van der Waals surface area contributed by atoms with E-state index in [2.05, 4.69) is 22.3 Å². The zero-order chi connectivity index (χ0) is 12.4. The summed E-state index contributed by atoms with van der Waals surface area (Å²) in [5.74, 6) is 0. The standard InChI is InChI=1S/C12H15ClN4/c1-8-4-5-14-12(13)11(8)16-9(2)10-6-15-17(3)7-10/h4-7,9,16H,1-3H3. The van der Waals surface area contributed by atoms with E-state index in [1.54, 1.807) is 10.9 Å². The van der Waals surface area contributed by atoms with E-state index in [9.17, 15) is 0 Å². The van der Waals surface area contributed by atoms with Gasteiger partial charge in [-0.05, 0) is 25.5 Å². The largest absolute Gasteiger partial charge is 0.376 e. The minimum Gasteiger partial charge on any atom is -0.376 e. The number of rotatable bonds is 3. The van der Waals surface area contributed by atoms with Crippen molar-refractivity contribution < 1.29 is 0 Å². The van der Waals surface area contributed by atoms with Crippen molar-refractivity contribution in [2.45, 2.75) is 19.9 Å². The molecule has 0 aromatic carbocycles. The maximum atomic E-state index is 6.07. The number of pyridine rings is 1. The number of aromatic nitrogens is 3. The van der Waals surface area contributed by atoms with Gasteiger partial charge in [0.1, 0.15) is 0 Å². The third-order valence-corrected chi connectivity index (χ3v) is 2.99. The van der Waals surface area contributed by atoms with E-state index >= 15 is 0 Å². The van der Waals surface area contributed by atoms with Crippen LogP contribution in [-0.2, 0) is 7.05 Å². The molecule has 0 bridgehead atoms. The summed E-state index contributed by atoms with van der Waals surface area (Å²) in [6.45, 7) is 4.08. The zero-order valence-electron chi connectivity index (χ0n) is 10.1. The summed E-state index contributed by atoms with van der Waals surface area (Å²) in [4.78, 5) is 4.07. The topological polar surface area (TPSA) is 42.7 Å². The monoisotopic (exact) mass is 250 g/mol. The van der Waals surface area contributed by atoms with Crippen LogP contribution in [0.4, 0.5) is 5.69 Å². The summed E-state index contributed by atoms with van der Waals surface area (Å²) in [5.41, 5.74) is 3.08. The van der Waals surface area contributed by atoms with Crippen molar-refractivity contribution in [2.24, 2.45) is 7.05 Å². The van der Waals surface area contributed by atoms with Crippen molar-refractivity contribution >= 4 is 17.3 Å². The summed E-state index contributed by atoms with van der Waals surface area (Å²) < 4.78 is 1.78. The van der Waals surface area contributed by atoms with E-state index in [-0.39, 0.29) is 6.04 Å². The molecule has 0 aliphatic heterocycles. The molecule has 2 rings (SSSR count). The van der Waals surface area contributed by atoms with Crippen LogP contribution in [0.25, 0.3) is 0 Å². The average molecular weight is 251 g/mol. The number of nitrogens with one attached hydrogen (secondary N) is 1. The highest BCUT2D eigenvalue weighted by Gasteiger charge is 2.11. The lowest BCUT2D eigenvalue weighted by atomic mass is 10.1. The molecular weight excluding hydrogens is 236 g/mol. The van der Waals surface area contributed by atoms with Gasteiger partial charge in [-0.2, -0.15) is 5.10 Å². The summed E-state index contributed by atoms with van der Waals surface area (Å²) in [7, 11) is 1.90. The van der Waals surface area contributed by atoms with E-state index in [1.165, 1.54) is 0 Å². The Bertz CT molecular complexity index is 501. The minimum atomic E-state index is 0.143. The molecule has 1 atom stereocenters. The first-order valence-corrected chi connectivity index (χ1v) is 5.82. The van der Waals surface area contributed by atoms with Crippen LogP contribution in [0.3, 0.4) is 0 Å². The van der Waals surface area contributed by atoms with Gasteiger partial charge in [0.2, 0.25) is 0 Å². The molecule has 0 saturated carbocycles. The molecule has 0 amide bonds. The molecule has 4 nitrogen and oxygen atoms in total. The highest BCUT2D eigenvalue weighted by molar-refractivity contribution is 6.32. The quantitative estimate of drug-likeness (QED) is 0.852. The molecule has 0 spiro atoms. The van der Waals surface area contributed by atoms with Gasteiger partial charge in [0, 0.05) is 25.0 Å². The van der Waals surface area contributed by atoms with Crippen molar-refractivity contribution in [3.05, 3.63) is 40.9 Å². The second-order valence-electron chi connectivity index (χ2n) is 4.11. The van der Waals surface area contributed by atoms with Crippen LogP contribution in [-0.4, -0.2) is 14.8 Å². The van der Waals surface area contributed by atoms with Crippen molar-refractivity contribution in [1.82, 2.24) is 14.8 Å². The Labute approximate surface area is 106 Å². The van der Waals surface area contributed by atoms with Crippen LogP contribution >= 0.6 is 11.6 Å². The number of anilines is 1. The molecule has 0 saturated heterocycles. The van der Waals surface area contributed by atoms with Crippen LogP contribution in [0.5, 0.6) is 0 Å². The number of aryl methyl sites for hydroxylation is 2. The lowest BCUT2D eigenvalue weighted by Crippen LogP contribution is -2.08. The fourth-order valence-electron chi connectivity index (χ4n) is 1.66. The van der Waals surface area contributed by atoms with Crippen LogP contribution in [0, 0.1) is 6.92 Å². The van der Waals surface area contributed by atoms with Crippen molar-refractivity contribution in [3.8, 4) is 0 Å². The third-order valence-electron chi connectivity index (χ3n) is 2.70. The lowest BCUT2D eigenvalue weighted by Gasteiger charge is -2.16. The molecule has 0 aliphatic carbocycles. The summed E-state index contributed by atoms with van der Waals surface area (Å²) in [6.07, 6.45) is 5.53. The Morgan fingerprint density at radius 2 is 2.24 bits per heavy atom. The molecule has 2 aromatic rings. The highest BCUT2D eigenvalue weighted by Crippen LogP contribution is 2.27. The van der Waals surface area contributed by atoms with Gasteiger partial charge in [-0.1, -0.05) is 11.6 Å². The number of nitrogens with zero attached hydrogens (tertiary/aromatic N) is 3. The Morgan fingerprint density at radius 3 is 2.82 bits per heavy atom. The first kappa shape index (κ1) is 11.9. The predicted molar refractivity (Wildman–Crippen MR) is 69.2 cm³/mol. The van der Waals surface area contributed by atoms with E-state index in [1.807, 2.05) is 32.4 Å². The SMILES string of the molecule is Cc1ccnc(Cl)c1NC(C)c1cnn(C)c1. The normalized spacial score (nSPS) is 12.5. The fourth-order valence-corrected chi connectivity index (χ4v) is 1.92. The van der Waals surface area contributed by atoms with Gasteiger partial charge in [-0.15, -0.1) is 0 Å². The highest BCUT2D eigenvalue weighted by atomic mass is 35.5. The number of hydrogen-bond acceptors (Lipinski definition) is 3. The number of hydrogen-bond donors (Lipinski definition) is 1.